The second-order valence-electron chi connectivity index (χ2n) is 14.0. The predicted octanol–water partition coefficient (Wildman–Crippen LogP) is 16.7. The Morgan fingerprint density at radius 2 is 0.607 bits per heavy atom. The summed E-state index contributed by atoms with van der Waals surface area (Å²) >= 11 is 6.73. The van der Waals surface area contributed by atoms with Crippen LogP contribution in [0.25, 0.3) is 72.7 Å². The van der Waals surface area contributed by atoms with Gasteiger partial charge in [-0.1, -0.05) is 97.1 Å². The standard InChI is InChI=1S/C48H26F2N2S4/c49-35-25-37(51(43-21-27-9-1-5-13-39(27)53-43)44-22-28-10-2-6-14-40(28)54-44)33-19-17-32-36(50)26-38(34-20-18-31(35)47(33)48(32)34)52(45-23-29-11-3-7-15-41(29)55-45)46-24-30-12-4-8-16-42(30)56-46/h1-26H. The van der Waals surface area contributed by atoms with Crippen molar-refractivity contribution >= 4 is 149 Å². The van der Waals surface area contributed by atoms with Crippen LogP contribution in [-0.4, -0.2) is 0 Å². The van der Waals surface area contributed by atoms with E-state index in [4.69, 9.17) is 0 Å². The first-order valence-corrected chi connectivity index (χ1v) is 21.5. The molecule has 0 fully saturated rings. The molecule has 0 atom stereocenters. The van der Waals surface area contributed by atoms with Gasteiger partial charge in [0.1, 0.15) is 31.6 Å². The molecule has 0 aliphatic carbocycles. The molecule has 0 amide bonds. The molecule has 2 nitrogen and oxygen atoms in total. The Morgan fingerprint density at radius 3 is 0.911 bits per heavy atom. The first kappa shape index (κ1) is 32.4. The Hall–Kier alpha value is -5.90. The first-order valence-electron chi connectivity index (χ1n) is 18.2. The summed E-state index contributed by atoms with van der Waals surface area (Å²) in [5, 5.41) is 12.6. The van der Waals surface area contributed by atoms with Crippen LogP contribution in [0.4, 0.5) is 40.2 Å². The minimum Gasteiger partial charge on any atom is -0.292 e. The highest BCUT2D eigenvalue weighted by Gasteiger charge is 2.27. The van der Waals surface area contributed by atoms with Crippen molar-refractivity contribution in [3.05, 3.63) is 169 Å². The summed E-state index contributed by atoms with van der Waals surface area (Å²) in [5.41, 5.74) is 1.44. The van der Waals surface area contributed by atoms with E-state index in [0.717, 1.165) is 93.3 Å². The van der Waals surface area contributed by atoms with Gasteiger partial charge in [0.25, 0.3) is 0 Å². The van der Waals surface area contributed by atoms with Gasteiger partial charge in [0, 0.05) is 51.1 Å². The van der Waals surface area contributed by atoms with Crippen molar-refractivity contribution in [3.63, 3.8) is 0 Å². The van der Waals surface area contributed by atoms with Gasteiger partial charge in [0.15, 0.2) is 0 Å². The average molecular weight is 797 g/mol. The minimum atomic E-state index is -0.342. The van der Waals surface area contributed by atoms with E-state index in [2.05, 4.69) is 107 Å². The fraction of sp³-hybridized carbons (Fsp3) is 0. The van der Waals surface area contributed by atoms with Gasteiger partial charge >= 0.3 is 0 Å². The highest BCUT2D eigenvalue weighted by Crippen LogP contribution is 2.53. The van der Waals surface area contributed by atoms with Crippen molar-refractivity contribution in [1.29, 1.82) is 0 Å². The summed E-state index contributed by atoms with van der Waals surface area (Å²) in [6, 6.07) is 53.1. The van der Waals surface area contributed by atoms with Gasteiger partial charge in [-0.2, -0.15) is 0 Å². The topological polar surface area (TPSA) is 6.48 Å². The van der Waals surface area contributed by atoms with Gasteiger partial charge < -0.3 is 0 Å². The number of hydrogen-bond acceptors (Lipinski definition) is 6. The van der Waals surface area contributed by atoms with Crippen LogP contribution in [0.5, 0.6) is 0 Å². The Morgan fingerprint density at radius 1 is 0.321 bits per heavy atom. The molecule has 0 saturated carbocycles. The number of hydrogen-bond donors (Lipinski definition) is 0. The molecule has 266 valence electrons. The maximum absolute atomic E-state index is 16.9. The molecule has 0 bridgehead atoms. The second kappa shape index (κ2) is 12.3. The third-order valence-electron chi connectivity index (χ3n) is 10.8. The van der Waals surface area contributed by atoms with E-state index in [1.165, 1.54) is 0 Å². The van der Waals surface area contributed by atoms with E-state index in [1.54, 1.807) is 57.5 Å². The first-order chi connectivity index (χ1) is 27.6. The monoisotopic (exact) mass is 796 g/mol. The van der Waals surface area contributed by atoms with Crippen LogP contribution >= 0.6 is 45.3 Å². The van der Waals surface area contributed by atoms with E-state index in [-0.39, 0.29) is 11.6 Å². The maximum Gasteiger partial charge on any atom is 0.133 e. The van der Waals surface area contributed by atoms with Crippen molar-refractivity contribution in [1.82, 2.24) is 0 Å². The zero-order valence-corrected chi connectivity index (χ0v) is 32.6. The lowest BCUT2D eigenvalue weighted by Crippen LogP contribution is -2.10. The van der Waals surface area contributed by atoms with Crippen LogP contribution in [0.1, 0.15) is 0 Å². The van der Waals surface area contributed by atoms with Crippen molar-refractivity contribution < 1.29 is 8.78 Å². The summed E-state index contributed by atoms with van der Waals surface area (Å²) in [4.78, 5) is 4.39. The molecule has 0 unspecified atom stereocenters. The predicted molar refractivity (Wildman–Crippen MR) is 241 cm³/mol. The summed E-state index contributed by atoms with van der Waals surface area (Å²) in [6.45, 7) is 0. The van der Waals surface area contributed by atoms with Gasteiger partial charge in [0.2, 0.25) is 0 Å². The van der Waals surface area contributed by atoms with Crippen LogP contribution in [0.2, 0.25) is 0 Å². The molecule has 12 rings (SSSR count). The zero-order valence-electron chi connectivity index (χ0n) is 29.3. The molecule has 0 aliphatic rings. The lowest BCUT2D eigenvalue weighted by molar-refractivity contribution is 0.639. The molecular formula is C48H26F2N2S4. The fourth-order valence-electron chi connectivity index (χ4n) is 8.25. The summed E-state index contributed by atoms with van der Waals surface area (Å²) in [7, 11) is 0. The van der Waals surface area contributed by atoms with E-state index in [0.29, 0.717) is 10.8 Å². The number of fused-ring (bicyclic) bond motifs is 4. The number of anilines is 6. The van der Waals surface area contributed by atoms with Crippen molar-refractivity contribution in [3.8, 4) is 0 Å². The number of rotatable bonds is 6. The molecule has 8 heteroatoms. The van der Waals surface area contributed by atoms with Crippen molar-refractivity contribution in [2.75, 3.05) is 9.80 Å². The molecule has 12 aromatic rings. The molecule has 56 heavy (non-hydrogen) atoms. The van der Waals surface area contributed by atoms with E-state index in [1.807, 2.05) is 48.5 Å². The van der Waals surface area contributed by atoms with E-state index in [9.17, 15) is 0 Å². The quantitative estimate of drug-likeness (QED) is 0.155. The molecule has 0 saturated heterocycles. The molecule has 4 heterocycles. The van der Waals surface area contributed by atoms with Gasteiger partial charge in [-0.3, -0.25) is 9.80 Å². The molecule has 0 spiro atoms. The highest BCUT2D eigenvalue weighted by atomic mass is 32.1. The highest BCUT2D eigenvalue weighted by molar-refractivity contribution is 7.25. The number of benzene rings is 8. The third-order valence-corrected chi connectivity index (χ3v) is 15.2. The Balaban J connectivity index is 1.15. The number of halogens is 2. The van der Waals surface area contributed by atoms with Gasteiger partial charge in [0.05, 0.1) is 11.4 Å². The normalized spacial score (nSPS) is 12.1. The smallest absolute Gasteiger partial charge is 0.133 e. The molecule has 0 aliphatic heterocycles. The Labute approximate surface area is 335 Å². The maximum atomic E-state index is 16.9. The molecule has 0 N–H and O–H groups in total. The molecule has 8 aromatic carbocycles. The van der Waals surface area contributed by atoms with Crippen molar-refractivity contribution in [2.24, 2.45) is 0 Å². The van der Waals surface area contributed by atoms with Crippen LogP contribution in [0.15, 0.2) is 158 Å². The molecule has 4 aromatic heterocycles. The molecule has 0 radical (unpaired) electrons. The summed E-state index contributed by atoms with van der Waals surface area (Å²) in [5.74, 6) is -0.684. The Bertz CT molecular complexity index is 2990. The number of thiophene rings is 4. The van der Waals surface area contributed by atoms with Crippen LogP contribution < -0.4 is 9.80 Å². The Kier molecular flexibility index (Phi) is 7.11. The average Bonchev–Trinajstić information content (AvgIpc) is 4.03. The van der Waals surface area contributed by atoms with Gasteiger partial charge in [-0.25, -0.2) is 8.78 Å². The molecular weight excluding hydrogens is 771 g/mol. The summed E-state index contributed by atoms with van der Waals surface area (Å²) < 4.78 is 38.4. The minimum absolute atomic E-state index is 0.342. The zero-order chi connectivity index (χ0) is 37.1. The van der Waals surface area contributed by atoms with Gasteiger partial charge in [-0.05, 0) is 82.2 Å². The van der Waals surface area contributed by atoms with Crippen LogP contribution in [0, 0.1) is 11.6 Å². The second-order valence-corrected chi connectivity index (χ2v) is 18.2. The summed E-state index contributed by atoms with van der Waals surface area (Å²) in [6.07, 6.45) is 0. The lowest BCUT2D eigenvalue weighted by atomic mass is 9.91. The van der Waals surface area contributed by atoms with E-state index >= 15 is 8.78 Å². The van der Waals surface area contributed by atoms with Crippen LogP contribution in [-0.2, 0) is 0 Å². The lowest BCUT2D eigenvalue weighted by Gasteiger charge is -2.27. The van der Waals surface area contributed by atoms with Crippen molar-refractivity contribution in [2.45, 2.75) is 0 Å². The largest absolute Gasteiger partial charge is 0.292 e. The number of nitrogens with zero attached hydrogens (tertiary/aromatic N) is 2. The fourth-order valence-corrected chi connectivity index (χ4v) is 12.7. The van der Waals surface area contributed by atoms with Crippen LogP contribution in [0.3, 0.4) is 0 Å². The third kappa shape index (κ3) is 4.86. The SMILES string of the molecule is Fc1cc(N(c2cc3ccccc3s2)c2cc3ccccc3s2)c2ccc3c(F)cc(N(c4cc5ccccc5s4)c4cc5ccccc5s4)c4ccc1c2c34. The van der Waals surface area contributed by atoms with E-state index < -0.39 is 0 Å². The van der Waals surface area contributed by atoms with Gasteiger partial charge in [-0.15, -0.1) is 45.3 Å².